The Morgan fingerprint density at radius 1 is 1.22 bits per heavy atom. The molecule has 3 aliphatic heterocycles. The molecule has 4 heterocycles. The molecule has 12 heteroatoms. The summed E-state index contributed by atoms with van der Waals surface area (Å²) in [4.78, 5) is 32.2. The number of carboxylic acids is 1. The number of alkyl halides is 3. The monoisotopic (exact) mass is 460 g/mol. The number of halogens is 3. The Kier molecular flexibility index (Phi) is 7.88. The van der Waals surface area contributed by atoms with Crippen LogP contribution in [0.15, 0.2) is 18.5 Å². The second-order valence-corrected chi connectivity index (χ2v) is 8.16. The lowest BCUT2D eigenvalue weighted by Gasteiger charge is -2.41. The number of likely N-dealkylation sites (tertiary alicyclic amines) is 1. The molecule has 4 rings (SSSR count). The van der Waals surface area contributed by atoms with E-state index in [1.165, 1.54) is 0 Å². The molecule has 32 heavy (non-hydrogen) atoms. The van der Waals surface area contributed by atoms with Crippen LogP contribution in [0.2, 0.25) is 0 Å². The van der Waals surface area contributed by atoms with Crippen molar-refractivity contribution in [3.05, 3.63) is 18.5 Å². The maximum Gasteiger partial charge on any atom is 0.490 e. The topological polar surface area (TPSA) is 114 Å². The van der Waals surface area contributed by atoms with Gasteiger partial charge >= 0.3 is 12.1 Å². The highest BCUT2D eigenvalue weighted by Crippen LogP contribution is 2.36. The molecule has 2 N–H and O–H groups in total. The molecule has 1 spiro atoms. The number of aliphatic carboxylic acids is 1. The Bertz CT molecular complexity index is 776. The van der Waals surface area contributed by atoms with Gasteiger partial charge in [-0.2, -0.15) is 13.2 Å². The maximum atomic E-state index is 12.8. The van der Waals surface area contributed by atoms with E-state index in [0.717, 1.165) is 38.6 Å². The van der Waals surface area contributed by atoms with Gasteiger partial charge in [-0.15, -0.1) is 0 Å². The number of aromatic nitrogens is 2. The van der Waals surface area contributed by atoms with Crippen LogP contribution in [-0.2, 0) is 19.1 Å². The number of piperidine rings is 1. The first-order valence-electron chi connectivity index (χ1n) is 10.5. The van der Waals surface area contributed by atoms with E-state index < -0.39 is 12.1 Å². The number of hydrogen-bond donors (Lipinski definition) is 2. The number of nitrogens with one attached hydrogen (secondary N) is 1. The zero-order chi connectivity index (χ0) is 23.2. The third kappa shape index (κ3) is 6.52. The first-order chi connectivity index (χ1) is 15.2. The van der Waals surface area contributed by atoms with Crippen LogP contribution in [0.5, 0.6) is 0 Å². The number of anilines is 1. The van der Waals surface area contributed by atoms with E-state index in [1.54, 1.807) is 18.5 Å². The van der Waals surface area contributed by atoms with Crippen molar-refractivity contribution in [2.45, 2.75) is 49.9 Å². The van der Waals surface area contributed by atoms with Crippen molar-refractivity contribution in [3.63, 3.8) is 0 Å². The molecule has 0 aliphatic carbocycles. The molecular weight excluding hydrogens is 433 g/mol. The van der Waals surface area contributed by atoms with Crippen molar-refractivity contribution >= 4 is 17.8 Å². The second kappa shape index (κ2) is 10.4. The van der Waals surface area contributed by atoms with Gasteiger partial charge in [0, 0.05) is 51.0 Å². The summed E-state index contributed by atoms with van der Waals surface area (Å²) < 4.78 is 43.3. The minimum absolute atomic E-state index is 0.122. The molecule has 9 nitrogen and oxygen atoms in total. The smallest absolute Gasteiger partial charge is 0.475 e. The lowest BCUT2D eigenvalue weighted by molar-refractivity contribution is -0.192. The maximum absolute atomic E-state index is 12.8. The van der Waals surface area contributed by atoms with Crippen molar-refractivity contribution < 1.29 is 37.3 Å². The van der Waals surface area contributed by atoms with Crippen LogP contribution < -0.4 is 5.32 Å². The van der Waals surface area contributed by atoms with Gasteiger partial charge in [0.2, 0.25) is 11.9 Å². The third-order valence-corrected chi connectivity index (χ3v) is 5.77. The largest absolute Gasteiger partial charge is 0.490 e. The summed E-state index contributed by atoms with van der Waals surface area (Å²) in [6, 6.07) is 2.00. The van der Waals surface area contributed by atoms with E-state index in [2.05, 4.69) is 15.3 Å². The average Bonchev–Trinajstić information content (AvgIpc) is 3.15. The van der Waals surface area contributed by atoms with E-state index in [1.807, 2.05) is 4.90 Å². The van der Waals surface area contributed by atoms with Crippen LogP contribution in [0.25, 0.3) is 0 Å². The molecule has 0 radical (unpaired) electrons. The SMILES string of the molecule is O=C(C1CCOCC1)N1CCCC2(CC(Nc3ncccn3)CO2)C1.O=C(O)C(F)(F)F. The fourth-order valence-electron chi connectivity index (χ4n) is 4.27. The van der Waals surface area contributed by atoms with Gasteiger partial charge in [0.15, 0.2) is 0 Å². The number of hydrogen-bond acceptors (Lipinski definition) is 7. The molecule has 3 aliphatic rings. The highest BCUT2D eigenvalue weighted by Gasteiger charge is 2.45. The Morgan fingerprint density at radius 2 is 1.88 bits per heavy atom. The second-order valence-electron chi connectivity index (χ2n) is 8.16. The first-order valence-corrected chi connectivity index (χ1v) is 10.5. The number of carbonyl (C=O) groups is 2. The highest BCUT2D eigenvalue weighted by molar-refractivity contribution is 5.79. The Labute approximate surface area is 183 Å². The molecule has 1 aromatic heterocycles. The number of ether oxygens (including phenoxy) is 2. The molecule has 0 saturated carbocycles. The zero-order valence-electron chi connectivity index (χ0n) is 17.5. The normalized spacial score (nSPS) is 26.3. The predicted molar refractivity (Wildman–Crippen MR) is 106 cm³/mol. The summed E-state index contributed by atoms with van der Waals surface area (Å²) in [7, 11) is 0. The molecule has 3 saturated heterocycles. The van der Waals surface area contributed by atoms with E-state index in [0.29, 0.717) is 32.3 Å². The molecule has 2 unspecified atom stereocenters. The van der Waals surface area contributed by atoms with E-state index in [4.69, 9.17) is 19.4 Å². The van der Waals surface area contributed by atoms with Crippen LogP contribution in [0.1, 0.15) is 32.1 Å². The summed E-state index contributed by atoms with van der Waals surface area (Å²) in [5.41, 5.74) is -0.217. The summed E-state index contributed by atoms with van der Waals surface area (Å²) in [5.74, 6) is -1.71. The summed E-state index contributed by atoms with van der Waals surface area (Å²) >= 11 is 0. The third-order valence-electron chi connectivity index (χ3n) is 5.77. The molecule has 2 atom stereocenters. The standard InChI is InChI=1S/C18H26N4O3.C2HF3O2/c23-16(14-3-9-24-10-4-14)22-8-1-5-18(13-22)11-15(12-25-18)21-17-19-6-2-7-20-17;3-2(4,5)1(6)7/h2,6-7,14-15H,1,3-5,8-13H2,(H,19,20,21);(H,6,7). The number of nitrogens with zero attached hydrogens (tertiary/aromatic N) is 3. The van der Waals surface area contributed by atoms with Gasteiger partial charge < -0.3 is 24.8 Å². The average molecular weight is 460 g/mol. The Hall–Kier alpha value is -2.47. The Morgan fingerprint density at radius 3 is 2.50 bits per heavy atom. The molecule has 0 aromatic carbocycles. The quantitative estimate of drug-likeness (QED) is 0.705. The molecule has 178 valence electrons. The summed E-state index contributed by atoms with van der Waals surface area (Å²) in [6.07, 6.45) is 2.98. The lowest BCUT2D eigenvalue weighted by atomic mass is 9.87. The van der Waals surface area contributed by atoms with Gasteiger partial charge in [-0.3, -0.25) is 4.79 Å². The summed E-state index contributed by atoms with van der Waals surface area (Å²) in [5, 5.41) is 10.5. The van der Waals surface area contributed by atoms with Crippen molar-refractivity contribution in [1.82, 2.24) is 14.9 Å². The van der Waals surface area contributed by atoms with Crippen LogP contribution in [0.4, 0.5) is 19.1 Å². The lowest BCUT2D eigenvalue weighted by Crippen LogP contribution is -2.52. The number of amides is 1. The van der Waals surface area contributed by atoms with Crippen molar-refractivity contribution in [1.29, 1.82) is 0 Å². The van der Waals surface area contributed by atoms with Crippen LogP contribution in [-0.4, -0.2) is 82.6 Å². The van der Waals surface area contributed by atoms with Gasteiger partial charge in [0.25, 0.3) is 0 Å². The van der Waals surface area contributed by atoms with Crippen LogP contribution in [0, 0.1) is 5.92 Å². The van der Waals surface area contributed by atoms with Crippen molar-refractivity contribution in [2.24, 2.45) is 5.92 Å². The molecular formula is C20H27F3N4O5. The van der Waals surface area contributed by atoms with Crippen LogP contribution in [0.3, 0.4) is 0 Å². The fourth-order valence-corrected chi connectivity index (χ4v) is 4.27. The van der Waals surface area contributed by atoms with Gasteiger partial charge in [0.05, 0.1) is 18.2 Å². The number of rotatable bonds is 3. The highest BCUT2D eigenvalue weighted by atomic mass is 19.4. The fraction of sp³-hybridized carbons (Fsp3) is 0.700. The first kappa shape index (κ1) is 24.2. The molecule has 3 fully saturated rings. The minimum atomic E-state index is -5.08. The zero-order valence-corrected chi connectivity index (χ0v) is 17.5. The van der Waals surface area contributed by atoms with Crippen molar-refractivity contribution in [3.8, 4) is 0 Å². The van der Waals surface area contributed by atoms with Gasteiger partial charge in [0.1, 0.15) is 0 Å². The van der Waals surface area contributed by atoms with E-state index >= 15 is 0 Å². The summed E-state index contributed by atoms with van der Waals surface area (Å²) in [6.45, 7) is 3.60. The Balaban J connectivity index is 0.000000360. The number of carboxylic acid groups (broad SMARTS) is 1. The van der Waals surface area contributed by atoms with E-state index in [9.17, 15) is 18.0 Å². The van der Waals surface area contributed by atoms with Gasteiger partial charge in [-0.1, -0.05) is 0 Å². The molecule has 1 aromatic rings. The molecule has 1 amide bonds. The van der Waals surface area contributed by atoms with Crippen molar-refractivity contribution in [2.75, 3.05) is 38.2 Å². The molecule has 0 bridgehead atoms. The van der Waals surface area contributed by atoms with Gasteiger partial charge in [-0.25, -0.2) is 14.8 Å². The minimum Gasteiger partial charge on any atom is -0.475 e. The van der Waals surface area contributed by atoms with E-state index in [-0.39, 0.29) is 23.5 Å². The van der Waals surface area contributed by atoms with Gasteiger partial charge in [-0.05, 0) is 31.7 Å². The van der Waals surface area contributed by atoms with Crippen LogP contribution >= 0.6 is 0 Å². The number of carbonyl (C=O) groups excluding carboxylic acids is 1. The predicted octanol–water partition coefficient (Wildman–Crippen LogP) is 2.10.